The number of hydrogen-bond donors (Lipinski definition) is 2. The van der Waals surface area contributed by atoms with Crippen molar-refractivity contribution in [2.45, 2.75) is 25.8 Å². The summed E-state index contributed by atoms with van der Waals surface area (Å²) < 4.78 is 0.898. The van der Waals surface area contributed by atoms with Crippen LogP contribution in [0.5, 0.6) is 0 Å². The van der Waals surface area contributed by atoms with E-state index in [-0.39, 0.29) is 0 Å². The Morgan fingerprint density at radius 1 is 1.05 bits per heavy atom. The highest BCUT2D eigenvalue weighted by molar-refractivity contribution is 9.10. The zero-order chi connectivity index (χ0) is 15.4. The first-order valence-electron chi connectivity index (χ1n) is 6.89. The lowest BCUT2D eigenvalue weighted by Crippen LogP contribution is -2.27. The molecule has 0 aliphatic rings. The fourth-order valence-electron chi connectivity index (χ4n) is 2.13. The van der Waals surface area contributed by atoms with E-state index >= 15 is 0 Å². The normalized spacial score (nSPS) is 12.2. The largest absolute Gasteiger partial charge is 0.369 e. The Morgan fingerprint density at radius 3 is 2.14 bits per heavy atom. The molecular weight excluding hydrogens is 328 g/mol. The van der Waals surface area contributed by atoms with Crippen LogP contribution < -0.4 is 11.1 Å². The van der Waals surface area contributed by atoms with Crippen LogP contribution in [0.2, 0.25) is 0 Å². The average molecular weight is 347 g/mol. The van der Waals surface area contributed by atoms with Gasteiger partial charge in [0.15, 0.2) is 0 Å². The van der Waals surface area contributed by atoms with E-state index in [2.05, 4.69) is 35.1 Å². The lowest BCUT2D eigenvalue weighted by Gasteiger charge is -2.19. The van der Waals surface area contributed by atoms with Crippen molar-refractivity contribution < 1.29 is 4.79 Å². The third-order valence-corrected chi connectivity index (χ3v) is 4.09. The third kappa shape index (κ3) is 3.85. The molecule has 1 atom stereocenters. The molecule has 0 aliphatic carbocycles. The van der Waals surface area contributed by atoms with Crippen molar-refractivity contribution in [2.75, 3.05) is 5.32 Å². The molecule has 0 aliphatic heterocycles. The maximum Gasteiger partial charge on any atom is 0.244 e. The van der Waals surface area contributed by atoms with Gasteiger partial charge in [-0.15, -0.1) is 0 Å². The van der Waals surface area contributed by atoms with Crippen LogP contribution in [0.15, 0.2) is 53.0 Å². The molecule has 0 fully saturated rings. The molecule has 3 nitrogen and oxygen atoms in total. The van der Waals surface area contributed by atoms with Gasteiger partial charge in [0.05, 0.1) is 0 Å². The summed E-state index contributed by atoms with van der Waals surface area (Å²) >= 11 is 3.46. The molecule has 21 heavy (non-hydrogen) atoms. The van der Waals surface area contributed by atoms with Gasteiger partial charge in [-0.05, 0) is 45.1 Å². The number of nitrogens with two attached hydrogens (primary N) is 1. The van der Waals surface area contributed by atoms with Crippen molar-refractivity contribution in [1.82, 2.24) is 0 Å². The van der Waals surface area contributed by atoms with Gasteiger partial charge in [0.2, 0.25) is 5.91 Å². The molecule has 2 aromatic rings. The number of benzene rings is 2. The van der Waals surface area contributed by atoms with Crippen LogP contribution >= 0.6 is 15.9 Å². The third-order valence-electron chi connectivity index (χ3n) is 3.39. The van der Waals surface area contributed by atoms with E-state index < -0.39 is 11.9 Å². The van der Waals surface area contributed by atoms with Crippen molar-refractivity contribution in [3.63, 3.8) is 0 Å². The number of para-hydroxylation sites is 1. The number of carbonyl (C=O) groups excluding carboxylic acids is 1. The summed E-state index contributed by atoms with van der Waals surface area (Å²) in [5.74, 6) is 0.0605. The molecule has 0 saturated heterocycles. The minimum atomic E-state index is -0.551. The van der Waals surface area contributed by atoms with Gasteiger partial charge in [0.25, 0.3) is 0 Å². The minimum Gasteiger partial charge on any atom is -0.369 e. The summed E-state index contributed by atoms with van der Waals surface area (Å²) in [5, 5.41) is 3.19. The van der Waals surface area contributed by atoms with E-state index in [0.717, 1.165) is 15.7 Å². The summed E-state index contributed by atoms with van der Waals surface area (Å²) in [6.07, 6.45) is 0. The second-order valence-corrected chi connectivity index (χ2v) is 6.14. The second kappa shape index (κ2) is 6.76. The maximum absolute atomic E-state index is 11.8. The van der Waals surface area contributed by atoms with Gasteiger partial charge in [0, 0.05) is 10.2 Å². The van der Waals surface area contributed by atoms with Crippen LogP contribution in [0.25, 0.3) is 0 Å². The van der Waals surface area contributed by atoms with Crippen LogP contribution in [0.4, 0.5) is 5.69 Å². The van der Waals surface area contributed by atoms with Crippen LogP contribution in [0.1, 0.15) is 36.9 Å². The Balaban J connectivity index is 2.27. The molecule has 1 amide bonds. The first-order chi connectivity index (χ1) is 9.99. The number of primary amides is 1. The van der Waals surface area contributed by atoms with Gasteiger partial charge in [-0.3, -0.25) is 4.79 Å². The number of amides is 1. The molecule has 0 heterocycles. The Labute approximate surface area is 133 Å². The molecule has 0 bridgehead atoms. The predicted octanol–water partition coefficient (Wildman–Crippen LogP) is 4.21. The minimum absolute atomic E-state index is 0.400. The molecule has 2 rings (SSSR count). The molecule has 4 heteroatoms. The summed E-state index contributed by atoms with van der Waals surface area (Å²) in [6.45, 7) is 4.28. The van der Waals surface area contributed by atoms with Crippen LogP contribution in [-0.4, -0.2) is 5.91 Å². The first-order valence-corrected chi connectivity index (χ1v) is 7.68. The summed E-state index contributed by atoms with van der Waals surface area (Å²) in [4.78, 5) is 11.8. The van der Waals surface area contributed by atoms with Crippen LogP contribution in [0, 0.1) is 0 Å². The zero-order valence-corrected chi connectivity index (χ0v) is 13.7. The smallest absolute Gasteiger partial charge is 0.244 e. The van der Waals surface area contributed by atoms with Crippen LogP contribution in [-0.2, 0) is 4.79 Å². The summed E-state index contributed by atoms with van der Waals surface area (Å²) in [7, 11) is 0. The highest BCUT2D eigenvalue weighted by atomic mass is 79.9. The van der Waals surface area contributed by atoms with Gasteiger partial charge in [-0.1, -0.05) is 50.2 Å². The Bertz CT molecular complexity index is 623. The van der Waals surface area contributed by atoms with E-state index in [1.54, 1.807) is 0 Å². The standard InChI is InChI=1S/C17H19BrN2O/c1-11(2)12-7-9-13(10-8-12)16(17(19)21)20-15-6-4-3-5-14(15)18/h3-11,16,20H,1-2H3,(H2,19,21). The van der Waals surface area contributed by atoms with Gasteiger partial charge in [-0.25, -0.2) is 0 Å². The number of hydrogen-bond acceptors (Lipinski definition) is 2. The lowest BCUT2D eigenvalue weighted by molar-refractivity contribution is -0.118. The number of halogens is 1. The monoisotopic (exact) mass is 346 g/mol. The molecule has 1 unspecified atom stereocenters. The van der Waals surface area contributed by atoms with Crippen molar-refractivity contribution in [2.24, 2.45) is 5.73 Å². The van der Waals surface area contributed by atoms with E-state index in [0.29, 0.717) is 5.92 Å². The Kier molecular flexibility index (Phi) is 5.02. The number of nitrogens with one attached hydrogen (secondary N) is 1. The Hall–Kier alpha value is -1.81. The molecule has 2 aromatic carbocycles. The van der Waals surface area contributed by atoms with E-state index in [1.165, 1.54) is 5.56 Å². The van der Waals surface area contributed by atoms with Crippen molar-refractivity contribution in [1.29, 1.82) is 0 Å². The van der Waals surface area contributed by atoms with Gasteiger partial charge < -0.3 is 11.1 Å². The predicted molar refractivity (Wildman–Crippen MR) is 90.2 cm³/mol. The number of rotatable bonds is 5. The van der Waals surface area contributed by atoms with Crippen molar-refractivity contribution in [3.05, 3.63) is 64.1 Å². The molecule has 3 N–H and O–H groups in total. The molecule has 110 valence electrons. The first kappa shape index (κ1) is 15.6. The molecule has 0 spiro atoms. The SMILES string of the molecule is CC(C)c1ccc(C(Nc2ccccc2Br)C(N)=O)cc1. The highest BCUT2D eigenvalue weighted by Gasteiger charge is 2.18. The van der Waals surface area contributed by atoms with Crippen molar-refractivity contribution in [3.8, 4) is 0 Å². The topological polar surface area (TPSA) is 55.1 Å². The lowest BCUT2D eigenvalue weighted by atomic mass is 9.98. The van der Waals surface area contributed by atoms with Gasteiger partial charge in [-0.2, -0.15) is 0 Å². The van der Waals surface area contributed by atoms with Gasteiger partial charge in [0.1, 0.15) is 6.04 Å². The molecule has 0 saturated carbocycles. The second-order valence-electron chi connectivity index (χ2n) is 5.28. The van der Waals surface area contributed by atoms with E-state index in [1.807, 2.05) is 48.5 Å². The van der Waals surface area contributed by atoms with Crippen molar-refractivity contribution >= 4 is 27.5 Å². The van der Waals surface area contributed by atoms with Crippen LogP contribution in [0.3, 0.4) is 0 Å². The van der Waals surface area contributed by atoms with E-state index in [4.69, 9.17) is 5.73 Å². The highest BCUT2D eigenvalue weighted by Crippen LogP contribution is 2.27. The molecule has 0 aromatic heterocycles. The van der Waals surface area contributed by atoms with Gasteiger partial charge >= 0.3 is 0 Å². The fourth-order valence-corrected chi connectivity index (χ4v) is 2.53. The quantitative estimate of drug-likeness (QED) is 0.851. The fraction of sp³-hybridized carbons (Fsp3) is 0.235. The summed E-state index contributed by atoms with van der Waals surface area (Å²) in [5.41, 5.74) is 8.49. The zero-order valence-electron chi connectivity index (χ0n) is 12.1. The maximum atomic E-state index is 11.8. The molecule has 0 radical (unpaired) electrons. The summed E-state index contributed by atoms with van der Waals surface area (Å²) in [6, 6.07) is 15.1. The Morgan fingerprint density at radius 2 is 1.62 bits per heavy atom. The average Bonchev–Trinajstić information content (AvgIpc) is 2.46. The molecular formula is C17H19BrN2O. The number of carbonyl (C=O) groups is 1. The number of anilines is 1. The van der Waals surface area contributed by atoms with E-state index in [9.17, 15) is 4.79 Å².